The van der Waals surface area contributed by atoms with Gasteiger partial charge in [-0.2, -0.15) is 0 Å². The normalized spacial score (nSPS) is 38.1. The minimum absolute atomic E-state index is 0.177. The van der Waals surface area contributed by atoms with Gasteiger partial charge in [0, 0.05) is 0 Å². The van der Waals surface area contributed by atoms with Gasteiger partial charge in [-0.25, -0.2) is 4.79 Å². The van der Waals surface area contributed by atoms with Crippen molar-refractivity contribution in [3.63, 3.8) is 0 Å². The van der Waals surface area contributed by atoms with E-state index >= 15 is 0 Å². The van der Waals surface area contributed by atoms with Crippen LogP contribution in [0.4, 0.5) is 0 Å². The van der Waals surface area contributed by atoms with E-state index in [1.54, 1.807) is 24.3 Å². The molecule has 1 saturated heterocycles. The van der Waals surface area contributed by atoms with E-state index in [9.17, 15) is 14.4 Å². The van der Waals surface area contributed by atoms with Gasteiger partial charge in [-0.3, -0.25) is 14.5 Å². The number of carbonyl (C=O) groups excluding carboxylic acids is 3. The Hall–Kier alpha value is -2.43. The van der Waals surface area contributed by atoms with Crippen molar-refractivity contribution in [2.75, 3.05) is 6.54 Å². The zero-order valence-electron chi connectivity index (χ0n) is 13.0. The molecule has 1 aromatic rings. The lowest BCUT2D eigenvalue weighted by atomic mass is 9.63. The molecule has 2 bridgehead atoms. The number of allylic oxidation sites excluding steroid dienone is 2. The van der Waals surface area contributed by atoms with Crippen LogP contribution >= 0.6 is 0 Å². The van der Waals surface area contributed by atoms with Crippen LogP contribution in [0.25, 0.3) is 0 Å². The minimum Gasteiger partial charge on any atom is -0.425 e. The molecule has 0 N–H and O–H groups in total. The molecule has 0 radical (unpaired) electrons. The van der Waals surface area contributed by atoms with Gasteiger partial charge in [-0.1, -0.05) is 30.4 Å². The second kappa shape index (κ2) is 4.79. The highest BCUT2D eigenvalue weighted by atomic mass is 16.5. The van der Waals surface area contributed by atoms with Gasteiger partial charge in [0.2, 0.25) is 11.8 Å². The minimum atomic E-state index is -0.577. The fourth-order valence-corrected chi connectivity index (χ4v) is 4.96. The van der Waals surface area contributed by atoms with Gasteiger partial charge in [0.05, 0.1) is 11.8 Å². The van der Waals surface area contributed by atoms with Crippen LogP contribution in [-0.4, -0.2) is 29.2 Å². The first-order chi connectivity index (χ1) is 11.6. The summed E-state index contributed by atoms with van der Waals surface area (Å²) in [6.07, 6.45) is 5.37. The Morgan fingerprint density at radius 1 is 1.00 bits per heavy atom. The van der Waals surface area contributed by atoms with Crippen molar-refractivity contribution in [2.24, 2.45) is 35.5 Å². The third-order valence-electron chi connectivity index (χ3n) is 6.02. The lowest BCUT2D eigenvalue weighted by Gasteiger charge is -2.37. The summed E-state index contributed by atoms with van der Waals surface area (Å²) >= 11 is 0. The SMILES string of the molecule is O=C(CN1C(=O)[C@@H]2[C@H]3C=C[C@@H]([C@@H]4C[C@@H]34)[C@H]2C1=O)Oc1ccccc1. The van der Waals surface area contributed by atoms with E-state index in [0.29, 0.717) is 17.6 Å². The summed E-state index contributed by atoms with van der Waals surface area (Å²) in [4.78, 5) is 38.8. The molecule has 1 heterocycles. The number of rotatable bonds is 3. The fourth-order valence-electron chi connectivity index (χ4n) is 4.96. The molecule has 1 aliphatic heterocycles. The van der Waals surface area contributed by atoms with Gasteiger partial charge >= 0.3 is 5.97 Å². The highest BCUT2D eigenvalue weighted by Crippen LogP contribution is 2.65. The van der Waals surface area contributed by atoms with Gasteiger partial charge in [-0.05, 0) is 42.2 Å². The highest BCUT2D eigenvalue weighted by molar-refractivity contribution is 6.08. The lowest BCUT2D eigenvalue weighted by molar-refractivity contribution is -0.148. The average Bonchev–Trinajstić information content (AvgIpc) is 3.37. The maximum atomic E-state index is 12.8. The van der Waals surface area contributed by atoms with Crippen molar-refractivity contribution in [2.45, 2.75) is 6.42 Å². The summed E-state index contributed by atoms with van der Waals surface area (Å²) in [6, 6.07) is 8.69. The summed E-state index contributed by atoms with van der Waals surface area (Å²) in [6.45, 7) is -0.297. The number of nitrogens with zero attached hydrogens (tertiary/aromatic N) is 1. The molecule has 6 atom stereocenters. The van der Waals surface area contributed by atoms with Crippen LogP contribution in [0.15, 0.2) is 42.5 Å². The second-order valence-corrected chi connectivity index (χ2v) is 7.20. The monoisotopic (exact) mass is 323 g/mol. The molecule has 3 fully saturated rings. The molecule has 5 nitrogen and oxygen atoms in total. The van der Waals surface area contributed by atoms with E-state index in [2.05, 4.69) is 12.2 Å². The Morgan fingerprint density at radius 3 is 2.17 bits per heavy atom. The predicted octanol–water partition coefficient (Wildman–Crippen LogP) is 1.65. The quantitative estimate of drug-likeness (QED) is 0.367. The number of hydrogen-bond acceptors (Lipinski definition) is 4. The molecule has 0 spiro atoms. The first kappa shape index (κ1) is 14.0. The number of hydrogen-bond donors (Lipinski definition) is 0. The molecule has 24 heavy (non-hydrogen) atoms. The maximum absolute atomic E-state index is 12.8. The summed E-state index contributed by atoms with van der Waals surface area (Å²) in [5.74, 6) is 0.409. The molecular formula is C19H17NO4. The van der Waals surface area contributed by atoms with E-state index in [4.69, 9.17) is 4.74 Å². The molecular weight excluding hydrogens is 306 g/mol. The molecule has 0 unspecified atom stereocenters. The van der Waals surface area contributed by atoms with E-state index in [0.717, 1.165) is 11.3 Å². The van der Waals surface area contributed by atoms with Gasteiger partial charge in [0.25, 0.3) is 0 Å². The first-order valence-electron chi connectivity index (χ1n) is 8.44. The average molecular weight is 323 g/mol. The van der Waals surface area contributed by atoms with Crippen LogP contribution < -0.4 is 4.74 Å². The van der Waals surface area contributed by atoms with Crippen molar-refractivity contribution in [1.29, 1.82) is 0 Å². The smallest absolute Gasteiger partial charge is 0.331 e. The van der Waals surface area contributed by atoms with Gasteiger partial charge in [-0.15, -0.1) is 0 Å². The molecule has 2 amide bonds. The topological polar surface area (TPSA) is 63.7 Å². The molecule has 0 aromatic heterocycles. The molecule has 4 aliphatic carbocycles. The van der Waals surface area contributed by atoms with E-state index in [-0.39, 0.29) is 42.0 Å². The largest absolute Gasteiger partial charge is 0.425 e. The number of likely N-dealkylation sites (tertiary alicyclic amines) is 1. The zero-order valence-corrected chi connectivity index (χ0v) is 13.0. The third-order valence-corrected chi connectivity index (χ3v) is 6.02. The van der Waals surface area contributed by atoms with E-state index in [1.807, 2.05) is 6.07 Å². The van der Waals surface area contributed by atoms with E-state index < -0.39 is 5.97 Å². The number of esters is 1. The third kappa shape index (κ3) is 1.84. The molecule has 5 aliphatic rings. The summed E-state index contributed by atoms with van der Waals surface area (Å²) in [5.41, 5.74) is 0. The number of carbonyl (C=O) groups is 3. The Bertz CT molecular complexity index is 735. The molecule has 6 rings (SSSR count). The fraction of sp³-hybridized carbons (Fsp3) is 0.421. The lowest BCUT2D eigenvalue weighted by Crippen LogP contribution is -2.40. The van der Waals surface area contributed by atoms with Crippen LogP contribution in [-0.2, 0) is 14.4 Å². The van der Waals surface area contributed by atoms with Crippen molar-refractivity contribution < 1.29 is 19.1 Å². The summed E-state index contributed by atoms with van der Waals surface area (Å²) in [5, 5.41) is 0. The second-order valence-electron chi connectivity index (χ2n) is 7.20. The summed E-state index contributed by atoms with van der Waals surface area (Å²) in [7, 11) is 0. The van der Waals surface area contributed by atoms with Gasteiger partial charge in [0.1, 0.15) is 12.3 Å². The van der Waals surface area contributed by atoms with Crippen LogP contribution in [0.2, 0.25) is 0 Å². The Kier molecular flexibility index (Phi) is 2.78. The number of benzene rings is 1. The van der Waals surface area contributed by atoms with Crippen LogP contribution in [0.3, 0.4) is 0 Å². The zero-order chi connectivity index (χ0) is 16.4. The molecule has 1 aromatic carbocycles. The Labute approximate surface area is 139 Å². The molecule has 5 heteroatoms. The van der Waals surface area contributed by atoms with E-state index in [1.165, 1.54) is 0 Å². The molecule has 122 valence electrons. The predicted molar refractivity (Wildman–Crippen MR) is 83.5 cm³/mol. The molecule has 2 saturated carbocycles. The van der Waals surface area contributed by atoms with Crippen molar-refractivity contribution in [3.05, 3.63) is 42.5 Å². The number of para-hydroxylation sites is 1. The standard InChI is InChI=1S/C19H17NO4/c21-15(24-10-4-2-1-3-5-10)9-20-18(22)16-11-6-7-12(14-8-13(11)14)17(16)19(20)23/h1-7,11-14,16-17H,8-9H2/t11-,12-,13-,14-,16+,17+/m0/s1. The van der Waals surface area contributed by atoms with Crippen LogP contribution in [0.5, 0.6) is 5.75 Å². The maximum Gasteiger partial charge on any atom is 0.331 e. The Balaban J connectivity index is 1.34. The summed E-state index contributed by atoms with van der Waals surface area (Å²) < 4.78 is 5.22. The van der Waals surface area contributed by atoms with Gasteiger partial charge in [0.15, 0.2) is 0 Å². The number of imide groups is 1. The van der Waals surface area contributed by atoms with Crippen LogP contribution in [0.1, 0.15) is 6.42 Å². The Morgan fingerprint density at radius 2 is 1.58 bits per heavy atom. The van der Waals surface area contributed by atoms with Crippen molar-refractivity contribution in [1.82, 2.24) is 4.90 Å². The first-order valence-corrected chi connectivity index (χ1v) is 8.44. The van der Waals surface area contributed by atoms with Crippen molar-refractivity contribution in [3.8, 4) is 5.75 Å². The van der Waals surface area contributed by atoms with Gasteiger partial charge < -0.3 is 4.74 Å². The highest BCUT2D eigenvalue weighted by Gasteiger charge is 2.67. The van der Waals surface area contributed by atoms with Crippen molar-refractivity contribution >= 4 is 17.8 Å². The number of ether oxygens (including phenoxy) is 1. The number of amides is 2. The van der Waals surface area contributed by atoms with Crippen LogP contribution in [0, 0.1) is 35.5 Å².